The molecule has 2 saturated heterocycles. The summed E-state index contributed by atoms with van der Waals surface area (Å²) < 4.78 is 10.8. The van der Waals surface area contributed by atoms with E-state index in [9.17, 15) is 4.79 Å². The molecule has 0 aromatic rings. The maximum absolute atomic E-state index is 12.0. The summed E-state index contributed by atoms with van der Waals surface area (Å²) in [5, 5.41) is 2.88. The Morgan fingerprint density at radius 2 is 2.39 bits per heavy atom. The normalized spacial score (nSPS) is 33.6. The molecule has 104 valence electrons. The third-order valence-electron chi connectivity index (χ3n) is 3.66. The first kappa shape index (κ1) is 13.7. The molecule has 18 heavy (non-hydrogen) atoms. The lowest BCUT2D eigenvalue weighted by atomic mass is 9.99. The number of rotatable bonds is 4. The Morgan fingerprint density at radius 3 is 3.06 bits per heavy atom. The molecule has 1 amide bonds. The zero-order valence-electron chi connectivity index (χ0n) is 11.0. The molecule has 3 N–H and O–H groups in total. The largest absolute Gasteiger partial charge is 0.379 e. The van der Waals surface area contributed by atoms with Crippen molar-refractivity contribution >= 4 is 5.91 Å². The SMILES string of the molecule is CCN1CCOC(CNC(=O)C2(N)CCOC2)C1. The van der Waals surface area contributed by atoms with Crippen molar-refractivity contribution in [2.24, 2.45) is 5.73 Å². The Morgan fingerprint density at radius 1 is 1.56 bits per heavy atom. The smallest absolute Gasteiger partial charge is 0.242 e. The molecule has 6 heteroatoms. The van der Waals surface area contributed by atoms with Crippen molar-refractivity contribution in [2.45, 2.75) is 25.0 Å². The van der Waals surface area contributed by atoms with Crippen LogP contribution in [0.2, 0.25) is 0 Å². The maximum atomic E-state index is 12.0. The first-order valence-corrected chi connectivity index (χ1v) is 6.63. The van der Waals surface area contributed by atoms with Crippen molar-refractivity contribution in [2.75, 3.05) is 46.0 Å². The highest BCUT2D eigenvalue weighted by Crippen LogP contribution is 2.15. The number of hydrogen-bond acceptors (Lipinski definition) is 5. The molecule has 2 rings (SSSR count). The van der Waals surface area contributed by atoms with Gasteiger partial charge in [-0.25, -0.2) is 0 Å². The third kappa shape index (κ3) is 3.20. The highest BCUT2D eigenvalue weighted by atomic mass is 16.5. The van der Waals surface area contributed by atoms with E-state index in [0.29, 0.717) is 26.2 Å². The number of carbonyl (C=O) groups is 1. The Hall–Kier alpha value is -0.690. The van der Waals surface area contributed by atoms with Crippen LogP contribution in [0.4, 0.5) is 0 Å². The van der Waals surface area contributed by atoms with Gasteiger partial charge in [-0.15, -0.1) is 0 Å². The van der Waals surface area contributed by atoms with Crippen LogP contribution in [0.15, 0.2) is 0 Å². The quantitative estimate of drug-likeness (QED) is 0.671. The Balaban J connectivity index is 1.75. The summed E-state index contributed by atoms with van der Waals surface area (Å²) in [5.41, 5.74) is 5.14. The zero-order valence-corrected chi connectivity index (χ0v) is 11.0. The highest BCUT2D eigenvalue weighted by Gasteiger charge is 2.38. The van der Waals surface area contributed by atoms with Crippen LogP contribution in [0.3, 0.4) is 0 Å². The van der Waals surface area contributed by atoms with Gasteiger partial charge in [-0.2, -0.15) is 0 Å². The molecule has 6 nitrogen and oxygen atoms in total. The van der Waals surface area contributed by atoms with Crippen LogP contribution >= 0.6 is 0 Å². The molecule has 0 bridgehead atoms. The van der Waals surface area contributed by atoms with Crippen LogP contribution < -0.4 is 11.1 Å². The monoisotopic (exact) mass is 257 g/mol. The van der Waals surface area contributed by atoms with Gasteiger partial charge in [0.15, 0.2) is 0 Å². The van der Waals surface area contributed by atoms with Gasteiger partial charge >= 0.3 is 0 Å². The van der Waals surface area contributed by atoms with Crippen LogP contribution in [0.1, 0.15) is 13.3 Å². The lowest BCUT2D eigenvalue weighted by molar-refractivity contribution is -0.127. The van der Waals surface area contributed by atoms with Gasteiger partial charge in [0.25, 0.3) is 0 Å². The number of ether oxygens (including phenoxy) is 2. The molecular formula is C12H23N3O3. The third-order valence-corrected chi connectivity index (χ3v) is 3.66. The summed E-state index contributed by atoms with van der Waals surface area (Å²) in [5.74, 6) is -0.128. The summed E-state index contributed by atoms with van der Waals surface area (Å²) in [4.78, 5) is 14.3. The maximum Gasteiger partial charge on any atom is 0.242 e. The summed E-state index contributed by atoms with van der Waals surface area (Å²) >= 11 is 0. The number of morpholine rings is 1. The molecule has 2 atom stereocenters. The number of nitrogens with one attached hydrogen (secondary N) is 1. The van der Waals surface area contributed by atoms with Crippen LogP contribution in [0.25, 0.3) is 0 Å². The Bertz CT molecular complexity index is 292. The zero-order chi connectivity index (χ0) is 13.0. The van der Waals surface area contributed by atoms with Crippen LogP contribution in [0.5, 0.6) is 0 Å². The van der Waals surface area contributed by atoms with Crippen molar-refractivity contribution in [3.8, 4) is 0 Å². The number of hydrogen-bond donors (Lipinski definition) is 2. The van der Waals surface area contributed by atoms with Gasteiger partial charge < -0.3 is 20.5 Å². The van der Waals surface area contributed by atoms with E-state index in [2.05, 4.69) is 17.1 Å². The number of nitrogens with zero attached hydrogens (tertiary/aromatic N) is 1. The predicted octanol–water partition coefficient (Wildman–Crippen LogP) is -1.06. The van der Waals surface area contributed by atoms with Crippen molar-refractivity contribution in [3.05, 3.63) is 0 Å². The molecule has 0 aromatic heterocycles. The average molecular weight is 257 g/mol. The van der Waals surface area contributed by atoms with Crippen LogP contribution in [0, 0.1) is 0 Å². The molecule has 0 aromatic carbocycles. The first-order chi connectivity index (χ1) is 8.64. The van der Waals surface area contributed by atoms with Crippen molar-refractivity contribution in [1.29, 1.82) is 0 Å². The first-order valence-electron chi connectivity index (χ1n) is 6.63. The van der Waals surface area contributed by atoms with Gasteiger partial charge in [-0.05, 0) is 13.0 Å². The highest BCUT2D eigenvalue weighted by molar-refractivity contribution is 5.86. The molecule has 2 aliphatic heterocycles. The molecule has 0 spiro atoms. The lowest BCUT2D eigenvalue weighted by Gasteiger charge is -2.32. The number of likely N-dealkylation sites (N-methyl/N-ethyl adjacent to an activating group) is 1. The van der Waals surface area contributed by atoms with E-state index in [1.165, 1.54) is 0 Å². The van der Waals surface area contributed by atoms with Gasteiger partial charge in [-0.1, -0.05) is 6.92 Å². The van der Waals surface area contributed by atoms with Gasteiger partial charge in [0.1, 0.15) is 5.54 Å². The summed E-state index contributed by atoms with van der Waals surface area (Å²) in [6.45, 7) is 7.10. The van der Waals surface area contributed by atoms with E-state index in [4.69, 9.17) is 15.2 Å². The Labute approximate surface area is 108 Å². The van der Waals surface area contributed by atoms with E-state index in [1.807, 2.05) is 0 Å². The van der Waals surface area contributed by atoms with E-state index < -0.39 is 5.54 Å². The van der Waals surface area contributed by atoms with Crippen LogP contribution in [-0.2, 0) is 14.3 Å². The number of nitrogens with two attached hydrogens (primary N) is 1. The van der Waals surface area contributed by atoms with Gasteiger partial charge in [0, 0.05) is 26.2 Å². The molecule has 2 aliphatic rings. The summed E-state index contributed by atoms with van der Waals surface area (Å²) in [6.07, 6.45) is 0.652. The van der Waals surface area contributed by atoms with Crippen molar-refractivity contribution in [1.82, 2.24) is 10.2 Å². The summed E-state index contributed by atoms with van der Waals surface area (Å²) in [7, 11) is 0. The molecule has 0 aliphatic carbocycles. The fourth-order valence-electron chi connectivity index (χ4n) is 2.33. The van der Waals surface area contributed by atoms with Gasteiger partial charge in [0.05, 0.1) is 19.3 Å². The standard InChI is InChI=1S/C12H23N3O3/c1-2-15-4-6-18-10(8-15)7-14-11(16)12(13)3-5-17-9-12/h10H,2-9,13H2,1H3,(H,14,16). The molecule has 2 unspecified atom stereocenters. The molecule has 2 fully saturated rings. The lowest BCUT2D eigenvalue weighted by Crippen LogP contribution is -2.57. The fraction of sp³-hybridized carbons (Fsp3) is 0.917. The molecule has 0 radical (unpaired) electrons. The minimum atomic E-state index is -0.848. The van der Waals surface area contributed by atoms with E-state index in [0.717, 1.165) is 26.2 Å². The average Bonchev–Trinajstić information content (AvgIpc) is 2.84. The van der Waals surface area contributed by atoms with Gasteiger partial charge in [0.2, 0.25) is 5.91 Å². The fourth-order valence-corrected chi connectivity index (χ4v) is 2.33. The number of amides is 1. The van der Waals surface area contributed by atoms with Crippen molar-refractivity contribution < 1.29 is 14.3 Å². The summed E-state index contributed by atoms with van der Waals surface area (Å²) in [6, 6.07) is 0. The predicted molar refractivity (Wildman–Crippen MR) is 67.2 cm³/mol. The second-order valence-electron chi connectivity index (χ2n) is 5.05. The van der Waals surface area contributed by atoms with Crippen molar-refractivity contribution in [3.63, 3.8) is 0 Å². The Kier molecular flexibility index (Phi) is 4.55. The van der Waals surface area contributed by atoms with E-state index in [1.54, 1.807) is 0 Å². The minimum absolute atomic E-state index is 0.0635. The molecule has 2 heterocycles. The van der Waals surface area contributed by atoms with Crippen LogP contribution in [-0.4, -0.2) is 68.4 Å². The minimum Gasteiger partial charge on any atom is -0.379 e. The van der Waals surface area contributed by atoms with E-state index in [-0.39, 0.29) is 12.0 Å². The molecular weight excluding hydrogens is 234 g/mol. The molecule has 0 saturated carbocycles. The van der Waals surface area contributed by atoms with Gasteiger partial charge in [-0.3, -0.25) is 9.69 Å². The second kappa shape index (κ2) is 5.97. The second-order valence-corrected chi connectivity index (χ2v) is 5.05. The topological polar surface area (TPSA) is 76.8 Å². The van der Waals surface area contributed by atoms with E-state index >= 15 is 0 Å². The number of carbonyl (C=O) groups excluding carboxylic acids is 1.